The molecule has 4 rings (SSSR count). The maximum absolute atomic E-state index is 12.4. The van der Waals surface area contributed by atoms with Gasteiger partial charge in [-0.3, -0.25) is 0 Å². The maximum atomic E-state index is 12.4. The fourth-order valence-electron chi connectivity index (χ4n) is 3.22. The highest BCUT2D eigenvalue weighted by atomic mass is 79.9. The molecule has 25 heavy (non-hydrogen) atoms. The van der Waals surface area contributed by atoms with Crippen LogP contribution in [0.4, 0.5) is 10.5 Å². The third-order valence-electron chi connectivity index (χ3n) is 4.65. The number of likely N-dealkylation sites (tertiary alicyclic amines) is 1. The second-order valence-corrected chi connectivity index (χ2v) is 7.25. The molecule has 2 aromatic rings. The van der Waals surface area contributed by atoms with Crippen LogP contribution < -0.4 is 10.1 Å². The van der Waals surface area contributed by atoms with E-state index in [1.54, 1.807) is 0 Å². The minimum absolute atomic E-state index is 0.0822. The Hall–Kier alpha value is -2.05. The van der Waals surface area contributed by atoms with Crippen molar-refractivity contribution in [3.05, 3.63) is 58.6 Å². The van der Waals surface area contributed by atoms with Crippen LogP contribution in [0.3, 0.4) is 0 Å². The first-order valence-electron chi connectivity index (χ1n) is 8.36. The highest BCUT2D eigenvalue weighted by Gasteiger charge is 2.41. The first-order chi connectivity index (χ1) is 12.1. The monoisotopic (exact) mass is 402 g/mol. The average molecular weight is 403 g/mol. The minimum atomic E-state index is -0.621. The molecule has 0 saturated carbocycles. The van der Waals surface area contributed by atoms with Crippen molar-refractivity contribution >= 4 is 27.6 Å². The molecule has 0 atom stereocenters. The van der Waals surface area contributed by atoms with E-state index < -0.39 is 5.79 Å². The number of nitrogens with zero attached hydrogens (tertiary/aromatic N) is 1. The van der Waals surface area contributed by atoms with Crippen molar-refractivity contribution in [2.45, 2.75) is 25.2 Å². The van der Waals surface area contributed by atoms with Crippen LogP contribution in [0.25, 0.3) is 0 Å². The van der Waals surface area contributed by atoms with Crippen molar-refractivity contribution in [2.24, 2.45) is 0 Å². The number of nitrogens with one attached hydrogen (secondary N) is 1. The van der Waals surface area contributed by atoms with Crippen molar-refractivity contribution in [3.8, 4) is 5.75 Å². The van der Waals surface area contributed by atoms with Crippen molar-refractivity contribution in [2.75, 3.05) is 18.4 Å². The molecule has 1 spiro atoms. The average Bonchev–Trinajstić information content (AvgIpc) is 2.63. The smallest absolute Gasteiger partial charge is 0.321 e. The second-order valence-electron chi connectivity index (χ2n) is 6.34. The van der Waals surface area contributed by atoms with Crippen LogP contribution in [0.1, 0.15) is 18.4 Å². The fourth-order valence-corrected chi connectivity index (χ4v) is 3.63. The van der Waals surface area contributed by atoms with Gasteiger partial charge in [-0.1, -0.05) is 34.1 Å². The van der Waals surface area contributed by atoms with E-state index >= 15 is 0 Å². The predicted molar refractivity (Wildman–Crippen MR) is 98.6 cm³/mol. The summed E-state index contributed by atoms with van der Waals surface area (Å²) in [6.07, 6.45) is 1.31. The lowest BCUT2D eigenvalue weighted by atomic mass is 10.0. The molecule has 0 unspecified atom stereocenters. The summed E-state index contributed by atoms with van der Waals surface area (Å²) in [5, 5.41) is 2.92. The number of para-hydroxylation sites is 1. The molecule has 0 aromatic heterocycles. The van der Waals surface area contributed by atoms with E-state index in [1.165, 1.54) is 0 Å². The second kappa shape index (κ2) is 6.69. The lowest BCUT2D eigenvalue weighted by Gasteiger charge is -2.43. The lowest BCUT2D eigenvalue weighted by Crippen LogP contribution is -2.53. The Morgan fingerprint density at radius 1 is 1.12 bits per heavy atom. The van der Waals surface area contributed by atoms with Gasteiger partial charge in [0.1, 0.15) is 5.75 Å². The molecule has 1 N–H and O–H groups in total. The van der Waals surface area contributed by atoms with Crippen molar-refractivity contribution in [1.29, 1.82) is 0 Å². The Kier molecular flexibility index (Phi) is 4.39. The van der Waals surface area contributed by atoms with Crippen LogP contribution in [0, 0.1) is 0 Å². The third-order valence-corrected chi connectivity index (χ3v) is 5.14. The van der Waals surface area contributed by atoms with Gasteiger partial charge in [-0.05, 0) is 30.3 Å². The topological polar surface area (TPSA) is 50.8 Å². The van der Waals surface area contributed by atoms with Gasteiger partial charge in [0.25, 0.3) is 0 Å². The quantitative estimate of drug-likeness (QED) is 0.769. The number of halogens is 1. The number of fused-ring (bicyclic) bond motifs is 1. The number of carbonyl (C=O) groups excluding carboxylic acids is 1. The summed E-state index contributed by atoms with van der Waals surface area (Å²) in [5.41, 5.74) is 1.85. The van der Waals surface area contributed by atoms with E-state index in [0.29, 0.717) is 32.5 Å². The molecule has 1 saturated heterocycles. The molecule has 6 heteroatoms. The van der Waals surface area contributed by atoms with E-state index in [4.69, 9.17) is 9.47 Å². The van der Waals surface area contributed by atoms with E-state index in [1.807, 2.05) is 53.4 Å². The first-order valence-corrected chi connectivity index (χ1v) is 9.15. The van der Waals surface area contributed by atoms with Crippen LogP contribution >= 0.6 is 15.9 Å². The number of rotatable bonds is 1. The van der Waals surface area contributed by atoms with Crippen LogP contribution in [-0.4, -0.2) is 29.8 Å². The number of hydrogen-bond acceptors (Lipinski definition) is 3. The molecule has 5 nitrogen and oxygen atoms in total. The molecule has 0 radical (unpaired) electrons. The Bertz CT molecular complexity index is 773. The van der Waals surface area contributed by atoms with Crippen molar-refractivity contribution in [1.82, 2.24) is 4.90 Å². The number of carbonyl (C=O) groups is 1. The Balaban J connectivity index is 1.38. The number of urea groups is 1. The summed E-state index contributed by atoms with van der Waals surface area (Å²) in [4.78, 5) is 14.2. The molecule has 2 amide bonds. The number of piperidine rings is 1. The summed E-state index contributed by atoms with van der Waals surface area (Å²) in [6, 6.07) is 15.4. The highest BCUT2D eigenvalue weighted by Crippen LogP contribution is 2.38. The van der Waals surface area contributed by atoms with Gasteiger partial charge in [-0.15, -0.1) is 0 Å². The van der Waals surface area contributed by atoms with Crippen molar-refractivity contribution in [3.63, 3.8) is 0 Å². The van der Waals surface area contributed by atoms with E-state index in [-0.39, 0.29) is 6.03 Å². The molecule has 2 aliphatic rings. The molecule has 0 bridgehead atoms. The zero-order chi connectivity index (χ0) is 17.3. The SMILES string of the molecule is O=C(Nc1ccccc1)N1CCC2(CC1)OCc1cc(Br)ccc1O2. The molecule has 2 aromatic carbocycles. The molecule has 2 heterocycles. The molecular weight excluding hydrogens is 384 g/mol. The van der Waals surface area contributed by atoms with Crippen LogP contribution in [0.15, 0.2) is 53.0 Å². The number of ether oxygens (including phenoxy) is 2. The number of hydrogen-bond donors (Lipinski definition) is 1. The van der Waals surface area contributed by atoms with Gasteiger partial charge >= 0.3 is 6.03 Å². The standard InChI is InChI=1S/C19H19BrN2O3/c20-15-6-7-17-14(12-15)13-24-19(25-17)8-10-22(11-9-19)18(23)21-16-4-2-1-3-5-16/h1-7,12H,8-11,13H2,(H,21,23). The van der Waals surface area contributed by atoms with Crippen LogP contribution in [0.5, 0.6) is 5.75 Å². The summed E-state index contributed by atoms with van der Waals surface area (Å²) >= 11 is 3.47. The van der Waals surface area contributed by atoms with Gasteiger partial charge in [0.2, 0.25) is 5.79 Å². The Labute approximate surface area is 155 Å². The van der Waals surface area contributed by atoms with Crippen molar-refractivity contribution < 1.29 is 14.3 Å². The molecule has 0 aliphatic carbocycles. The normalized spacial score (nSPS) is 18.4. The Morgan fingerprint density at radius 2 is 1.88 bits per heavy atom. The molecule has 1 fully saturated rings. The summed E-state index contributed by atoms with van der Waals surface area (Å²) in [5.74, 6) is 0.251. The summed E-state index contributed by atoms with van der Waals surface area (Å²) in [7, 11) is 0. The van der Waals surface area contributed by atoms with Gasteiger partial charge < -0.3 is 19.7 Å². The highest BCUT2D eigenvalue weighted by molar-refractivity contribution is 9.10. The maximum Gasteiger partial charge on any atom is 0.321 e. The van der Waals surface area contributed by atoms with Gasteiger partial charge in [-0.25, -0.2) is 4.79 Å². The fraction of sp³-hybridized carbons (Fsp3) is 0.316. The van der Waals surface area contributed by atoms with Gasteiger partial charge in [-0.2, -0.15) is 0 Å². The van der Waals surface area contributed by atoms with Gasteiger partial charge in [0, 0.05) is 41.7 Å². The third kappa shape index (κ3) is 3.50. The summed E-state index contributed by atoms with van der Waals surface area (Å²) < 4.78 is 13.2. The number of benzene rings is 2. The molecule has 2 aliphatic heterocycles. The van der Waals surface area contributed by atoms with E-state index in [9.17, 15) is 4.79 Å². The number of anilines is 1. The minimum Gasteiger partial charge on any atom is -0.462 e. The largest absolute Gasteiger partial charge is 0.462 e. The zero-order valence-corrected chi connectivity index (χ0v) is 15.3. The van der Waals surface area contributed by atoms with Gasteiger partial charge in [0.05, 0.1) is 6.61 Å². The van der Waals surface area contributed by atoms with E-state index in [2.05, 4.69) is 21.2 Å². The summed E-state index contributed by atoms with van der Waals surface area (Å²) in [6.45, 7) is 1.74. The Morgan fingerprint density at radius 3 is 2.64 bits per heavy atom. The predicted octanol–water partition coefficient (Wildman–Crippen LogP) is 4.38. The number of amides is 2. The lowest BCUT2D eigenvalue weighted by molar-refractivity contribution is -0.225. The van der Waals surface area contributed by atoms with Crippen LogP contribution in [-0.2, 0) is 11.3 Å². The molecular formula is C19H19BrN2O3. The van der Waals surface area contributed by atoms with Gasteiger partial charge in [0.15, 0.2) is 0 Å². The van der Waals surface area contributed by atoms with Crippen LogP contribution in [0.2, 0.25) is 0 Å². The first kappa shape index (κ1) is 16.4. The molecule has 130 valence electrons. The van der Waals surface area contributed by atoms with E-state index in [0.717, 1.165) is 21.5 Å². The zero-order valence-electron chi connectivity index (χ0n) is 13.7.